The van der Waals surface area contributed by atoms with E-state index in [9.17, 15) is 9.59 Å². The lowest BCUT2D eigenvalue weighted by Crippen LogP contribution is -2.32. The summed E-state index contributed by atoms with van der Waals surface area (Å²) >= 11 is 0. The Bertz CT molecular complexity index is 648. The molecule has 19 heavy (non-hydrogen) atoms. The molecule has 1 heterocycles. The molecule has 1 amide bonds. The molecule has 0 radical (unpaired) electrons. The van der Waals surface area contributed by atoms with E-state index in [0.717, 1.165) is 5.56 Å². The highest BCUT2D eigenvalue weighted by molar-refractivity contribution is 5.73. The van der Waals surface area contributed by atoms with Crippen LogP contribution in [0.2, 0.25) is 0 Å². The average Bonchev–Trinajstić information content (AvgIpc) is 2.63. The molecule has 6 nitrogen and oxygen atoms in total. The van der Waals surface area contributed by atoms with Gasteiger partial charge in [-0.15, -0.1) is 0 Å². The topological polar surface area (TPSA) is 84.3 Å². The lowest BCUT2D eigenvalue weighted by atomic mass is 10.2. The zero-order valence-corrected chi connectivity index (χ0v) is 11.1. The number of aromatic amines is 1. The maximum absolute atomic E-state index is 11.5. The number of amides is 1. The molecule has 1 aromatic carbocycles. The fourth-order valence-electron chi connectivity index (χ4n) is 1.60. The zero-order chi connectivity index (χ0) is 14.0. The summed E-state index contributed by atoms with van der Waals surface area (Å²) in [6, 6.07) is 5.20. The molecule has 0 atom stereocenters. The Morgan fingerprint density at radius 1 is 1.42 bits per heavy atom. The summed E-state index contributed by atoms with van der Waals surface area (Å²) in [5, 5.41) is 2.64. The Labute approximate surface area is 109 Å². The van der Waals surface area contributed by atoms with Crippen molar-refractivity contribution >= 4 is 17.2 Å². The first-order valence-corrected chi connectivity index (χ1v) is 5.92. The maximum atomic E-state index is 11.5. The van der Waals surface area contributed by atoms with E-state index >= 15 is 0 Å². The molecule has 0 saturated carbocycles. The standard InChI is InChI=1S/C13H16N2O4/c1-13(2,3)19-11(16)14-7-8-4-5-10-9(6-8)15-12(17)18-10/h4-6H,7H2,1-3H3,(H,14,16)(H,15,17). The molecule has 0 fully saturated rings. The van der Waals surface area contributed by atoms with E-state index in [-0.39, 0.29) is 0 Å². The number of nitrogens with one attached hydrogen (secondary N) is 2. The Hall–Kier alpha value is -2.24. The fourth-order valence-corrected chi connectivity index (χ4v) is 1.60. The molecule has 0 aliphatic carbocycles. The van der Waals surface area contributed by atoms with Gasteiger partial charge in [0.1, 0.15) is 5.60 Å². The molecule has 0 unspecified atom stereocenters. The zero-order valence-electron chi connectivity index (χ0n) is 11.1. The van der Waals surface area contributed by atoms with Crippen LogP contribution < -0.4 is 11.1 Å². The van der Waals surface area contributed by atoms with E-state index < -0.39 is 17.5 Å². The van der Waals surface area contributed by atoms with Crippen molar-refractivity contribution in [2.45, 2.75) is 32.9 Å². The van der Waals surface area contributed by atoms with Gasteiger partial charge in [0.15, 0.2) is 5.58 Å². The van der Waals surface area contributed by atoms with Gasteiger partial charge in [0, 0.05) is 6.54 Å². The molecule has 1 aromatic heterocycles. The van der Waals surface area contributed by atoms with Crippen molar-refractivity contribution in [3.63, 3.8) is 0 Å². The third-order valence-corrected chi connectivity index (χ3v) is 2.32. The van der Waals surface area contributed by atoms with Crippen molar-refractivity contribution in [3.8, 4) is 0 Å². The second kappa shape index (κ2) is 4.79. The molecule has 0 saturated heterocycles. The van der Waals surface area contributed by atoms with Crippen molar-refractivity contribution in [3.05, 3.63) is 34.3 Å². The van der Waals surface area contributed by atoms with Gasteiger partial charge in [0.2, 0.25) is 0 Å². The van der Waals surface area contributed by atoms with Gasteiger partial charge in [-0.25, -0.2) is 9.59 Å². The number of ether oxygens (including phenoxy) is 1. The molecule has 6 heteroatoms. The fraction of sp³-hybridized carbons (Fsp3) is 0.385. The number of carbonyl (C=O) groups is 1. The van der Waals surface area contributed by atoms with E-state index in [1.807, 2.05) is 0 Å². The van der Waals surface area contributed by atoms with Crippen molar-refractivity contribution in [2.75, 3.05) is 0 Å². The van der Waals surface area contributed by atoms with Crippen LogP contribution in [0, 0.1) is 0 Å². The lowest BCUT2D eigenvalue weighted by molar-refractivity contribution is 0.0523. The number of alkyl carbamates (subject to hydrolysis) is 1. The molecule has 0 aliphatic rings. The van der Waals surface area contributed by atoms with E-state index in [1.54, 1.807) is 39.0 Å². The van der Waals surface area contributed by atoms with Crippen molar-refractivity contribution in [1.82, 2.24) is 10.3 Å². The number of H-pyrrole nitrogens is 1. The third-order valence-electron chi connectivity index (χ3n) is 2.32. The Morgan fingerprint density at radius 3 is 2.84 bits per heavy atom. The van der Waals surface area contributed by atoms with E-state index in [4.69, 9.17) is 9.15 Å². The second-order valence-electron chi connectivity index (χ2n) is 5.20. The van der Waals surface area contributed by atoms with Gasteiger partial charge in [-0.05, 0) is 38.5 Å². The predicted molar refractivity (Wildman–Crippen MR) is 69.9 cm³/mol. The highest BCUT2D eigenvalue weighted by Gasteiger charge is 2.15. The minimum Gasteiger partial charge on any atom is -0.444 e. The quantitative estimate of drug-likeness (QED) is 0.870. The van der Waals surface area contributed by atoms with Crippen LogP contribution in [0.15, 0.2) is 27.4 Å². The van der Waals surface area contributed by atoms with Gasteiger partial charge in [0.25, 0.3) is 0 Å². The minimum atomic E-state index is -0.524. The van der Waals surface area contributed by atoms with Crippen LogP contribution >= 0.6 is 0 Å². The first-order chi connectivity index (χ1) is 8.83. The van der Waals surface area contributed by atoms with Crippen molar-refractivity contribution in [2.24, 2.45) is 0 Å². The molecular weight excluding hydrogens is 248 g/mol. The van der Waals surface area contributed by atoms with Gasteiger partial charge in [-0.3, -0.25) is 4.98 Å². The van der Waals surface area contributed by atoms with Crippen LogP contribution in [0.25, 0.3) is 11.1 Å². The molecule has 0 aliphatic heterocycles. The average molecular weight is 264 g/mol. The number of aromatic nitrogens is 1. The first kappa shape index (κ1) is 13.2. The highest BCUT2D eigenvalue weighted by atomic mass is 16.6. The number of fused-ring (bicyclic) bond motifs is 1. The summed E-state index contributed by atoms with van der Waals surface area (Å²) < 4.78 is 10.0. The minimum absolute atomic E-state index is 0.318. The molecular formula is C13H16N2O4. The summed E-state index contributed by atoms with van der Waals surface area (Å²) in [4.78, 5) is 25.1. The second-order valence-corrected chi connectivity index (χ2v) is 5.20. The Kier molecular flexibility index (Phi) is 3.33. The SMILES string of the molecule is CC(C)(C)OC(=O)NCc1ccc2oc(=O)[nH]c2c1. The van der Waals surface area contributed by atoms with Crippen LogP contribution in [0.4, 0.5) is 4.79 Å². The Balaban J connectivity index is 2.01. The summed E-state index contributed by atoms with van der Waals surface area (Å²) in [6.07, 6.45) is -0.478. The number of hydrogen-bond acceptors (Lipinski definition) is 4. The van der Waals surface area contributed by atoms with Gasteiger partial charge < -0.3 is 14.5 Å². The Morgan fingerprint density at radius 2 is 2.16 bits per heavy atom. The number of benzene rings is 1. The van der Waals surface area contributed by atoms with Crippen LogP contribution in [-0.4, -0.2) is 16.7 Å². The molecule has 2 N–H and O–H groups in total. The van der Waals surface area contributed by atoms with Crippen LogP contribution in [-0.2, 0) is 11.3 Å². The number of rotatable bonds is 2. The monoisotopic (exact) mass is 264 g/mol. The van der Waals surface area contributed by atoms with Gasteiger partial charge in [-0.1, -0.05) is 6.07 Å². The first-order valence-electron chi connectivity index (χ1n) is 5.92. The van der Waals surface area contributed by atoms with Gasteiger partial charge in [-0.2, -0.15) is 0 Å². The van der Waals surface area contributed by atoms with Gasteiger partial charge in [0.05, 0.1) is 5.52 Å². The van der Waals surface area contributed by atoms with Crippen molar-refractivity contribution in [1.29, 1.82) is 0 Å². The highest BCUT2D eigenvalue weighted by Crippen LogP contribution is 2.12. The predicted octanol–water partition coefficient (Wildman–Crippen LogP) is 2.15. The summed E-state index contributed by atoms with van der Waals surface area (Å²) in [6.45, 7) is 5.72. The normalized spacial score (nSPS) is 11.5. The van der Waals surface area contributed by atoms with E-state index in [0.29, 0.717) is 17.6 Å². The molecule has 0 spiro atoms. The number of oxazole rings is 1. The van der Waals surface area contributed by atoms with E-state index in [2.05, 4.69) is 10.3 Å². The smallest absolute Gasteiger partial charge is 0.417 e. The molecule has 2 rings (SSSR count). The molecule has 102 valence electrons. The van der Waals surface area contributed by atoms with Crippen LogP contribution in [0.5, 0.6) is 0 Å². The van der Waals surface area contributed by atoms with Crippen molar-refractivity contribution < 1.29 is 13.9 Å². The van der Waals surface area contributed by atoms with E-state index in [1.165, 1.54) is 0 Å². The number of carbonyl (C=O) groups excluding carboxylic acids is 1. The summed E-state index contributed by atoms with van der Waals surface area (Å²) in [5.74, 6) is -0.493. The third kappa shape index (κ3) is 3.61. The lowest BCUT2D eigenvalue weighted by Gasteiger charge is -2.19. The van der Waals surface area contributed by atoms with Gasteiger partial charge >= 0.3 is 11.8 Å². The largest absolute Gasteiger partial charge is 0.444 e. The number of hydrogen-bond donors (Lipinski definition) is 2. The van der Waals surface area contributed by atoms with Crippen LogP contribution in [0.1, 0.15) is 26.3 Å². The molecule has 2 aromatic rings. The van der Waals surface area contributed by atoms with Crippen LogP contribution in [0.3, 0.4) is 0 Å². The summed E-state index contributed by atoms with van der Waals surface area (Å²) in [7, 11) is 0. The summed E-state index contributed by atoms with van der Waals surface area (Å²) in [5.41, 5.74) is 1.42. The molecule has 0 bridgehead atoms. The maximum Gasteiger partial charge on any atom is 0.417 e.